The van der Waals surface area contributed by atoms with Crippen LogP contribution in [0.15, 0.2) is 47.6 Å². The highest BCUT2D eigenvalue weighted by molar-refractivity contribution is 7.92. The second-order valence-electron chi connectivity index (χ2n) is 6.57. The number of hydrogen-bond acceptors (Lipinski definition) is 5. The Hall–Kier alpha value is -2.17. The number of nitrogens with zero attached hydrogens (tertiary/aromatic N) is 2. The maximum atomic E-state index is 13.6. The highest BCUT2D eigenvalue weighted by Gasteiger charge is 2.36. The van der Waals surface area contributed by atoms with E-state index in [1.54, 1.807) is 24.3 Å². The molecule has 0 spiro atoms. The lowest BCUT2D eigenvalue weighted by atomic mass is 9.99. The molecule has 0 aliphatic carbocycles. The first-order valence-corrected chi connectivity index (χ1v) is 12.5. The van der Waals surface area contributed by atoms with Crippen LogP contribution in [0.3, 0.4) is 0 Å². The first-order valence-electron chi connectivity index (χ1n) is 8.63. The Bertz CT molecular complexity index is 1180. The molecule has 0 radical (unpaired) electrons. The van der Waals surface area contributed by atoms with Crippen LogP contribution < -0.4 is 4.72 Å². The minimum Gasteiger partial charge on any atom is -0.284 e. The zero-order chi connectivity index (χ0) is 21.4. The average molecular weight is 460 g/mol. The Morgan fingerprint density at radius 3 is 2.55 bits per heavy atom. The smallest absolute Gasteiger partial charge is 0.250 e. The number of benzene rings is 2. The molecule has 1 heterocycles. The molecule has 0 fully saturated rings. The normalized spacial score (nSPS) is 17.3. The van der Waals surface area contributed by atoms with Gasteiger partial charge in [0.05, 0.1) is 28.8 Å². The molecule has 29 heavy (non-hydrogen) atoms. The van der Waals surface area contributed by atoms with E-state index in [2.05, 4.69) is 9.82 Å². The van der Waals surface area contributed by atoms with E-state index >= 15 is 0 Å². The monoisotopic (exact) mass is 459 g/mol. The summed E-state index contributed by atoms with van der Waals surface area (Å²) in [5.41, 5.74) is 1.89. The van der Waals surface area contributed by atoms with Gasteiger partial charge in [-0.3, -0.25) is 4.72 Å². The number of halogens is 2. The van der Waals surface area contributed by atoms with Gasteiger partial charge in [-0.2, -0.15) is 9.52 Å². The van der Waals surface area contributed by atoms with Gasteiger partial charge >= 0.3 is 0 Å². The zero-order valence-electron chi connectivity index (χ0n) is 15.6. The van der Waals surface area contributed by atoms with Crippen molar-refractivity contribution in [1.82, 2.24) is 4.41 Å². The van der Waals surface area contributed by atoms with E-state index in [0.717, 1.165) is 10.7 Å². The Kier molecular flexibility index (Phi) is 5.88. The molecule has 0 amide bonds. The molecule has 1 aliphatic rings. The van der Waals surface area contributed by atoms with Gasteiger partial charge in [0.15, 0.2) is 0 Å². The van der Waals surface area contributed by atoms with Crippen LogP contribution in [-0.2, 0) is 20.0 Å². The number of hydrogen-bond donors (Lipinski definition) is 1. The molecule has 1 atom stereocenters. The summed E-state index contributed by atoms with van der Waals surface area (Å²) in [6.07, 6.45) is 1.26. The summed E-state index contributed by atoms with van der Waals surface area (Å²) in [6, 6.07) is 9.89. The second-order valence-corrected chi connectivity index (χ2v) is 10.8. The van der Waals surface area contributed by atoms with Crippen molar-refractivity contribution < 1.29 is 21.2 Å². The van der Waals surface area contributed by atoms with Gasteiger partial charge < -0.3 is 0 Å². The third kappa shape index (κ3) is 4.88. The third-order valence-corrected chi connectivity index (χ3v) is 6.88. The fourth-order valence-electron chi connectivity index (χ4n) is 3.00. The maximum absolute atomic E-state index is 13.6. The highest BCUT2D eigenvalue weighted by atomic mass is 35.5. The van der Waals surface area contributed by atoms with Gasteiger partial charge in [-0.05, 0) is 42.3 Å². The summed E-state index contributed by atoms with van der Waals surface area (Å²) in [5, 5.41) is 4.19. The van der Waals surface area contributed by atoms with Crippen molar-refractivity contribution in [3.63, 3.8) is 0 Å². The van der Waals surface area contributed by atoms with Crippen LogP contribution >= 0.6 is 11.6 Å². The molecule has 1 N–H and O–H groups in total. The molecule has 2 aromatic rings. The fraction of sp³-hybridized carbons (Fsp3) is 0.278. The number of rotatable bonds is 6. The Morgan fingerprint density at radius 1 is 1.21 bits per heavy atom. The summed E-state index contributed by atoms with van der Waals surface area (Å²) < 4.78 is 65.1. The number of anilines is 1. The lowest BCUT2D eigenvalue weighted by molar-refractivity contribution is 0.372. The summed E-state index contributed by atoms with van der Waals surface area (Å²) in [4.78, 5) is 0. The van der Waals surface area contributed by atoms with Gasteiger partial charge in [-0.15, -0.1) is 0 Å². The standard InChI is InChI=1S/C18H19ClFN3O4S2/c1-3-29(26,27)23-18(13-7-8-16(20)15(19)10-13)11-17(21-23)12-5-4-6-14(9-12)22-28(2,24)25/h4-10,18,22H,3,11H2,1-2H3/t18-/m0/s1. The van der Waals surface area contributed by atoms with Crippen LogP contribution in [-0.4, -0.2) is 39.0 Å². The average Bonchev–Trinajstić information content (AvgIpc) is 3.09. The molecule has 3 rings (SSSR count). The second kappa shape index (κ2) is 7.92. The van der Waals surface area contributed by atoms with Gasteiger partial charge in [-0.1, -0.05) is 29.8 Å². The summed E-state index contributed by atoms with van der Waals surface area (Å²) >= 11 is 5.88. The van der Waals surface area contributed by atoms with Gasteiger partial charge in [0.2, 0.25) is 20.0 Å². The largest absolute Gasteiger partial charge is 0.284 e. The minimum absolute atomic E-state index is 0.107. The molecule has 0 aromatic heterocycles. The van der Waals surface area contributed by atoms with Crippen LogP contribution in [0.2, 0.25) is 5.02 Å². The van der Waals surface area contributed by atoms with Gasteiger partial charge in [0, 0.05) is 12.1 Å². The predicted molar refractivity (Wildman–Crippen MR) is 112 cm³/mol. The van der Waals surface area contributed by atoms with Crippen molar-refractivity contribution in [2.75, 3.05) is 16.7 Å². The maximum Gasteiger partial charge on any atom is 0.250 e. The molecule has 1 aliphatic heterocycles. The van der Waals surface area contributed by atoms with Crippen molar-refractivity contribution in [3.05, 3.63) is 64.4 Å². The lowest BCUT2D eigenvalue weighted by Crippen LogP contribution is -2.28. The van der Waals surface area contributed by atoms with E-state index in [1.807, 2.05) is 0 Å². The molecule has 0 unspecified atom stereocenters. The van der Waals surface area contributed by atoms with Crippen LogP contribution in [0.4, 0.5) is 10.1 Å². The van der Waals surface area contributed by atoms with Crippen molar-refractivity contribution in [2.24, 2.45) is 5.10 Å². The van der Waals surface area contributed by atoms with Gasteiger partial charge in [0.25, 0.3) is 0 Å². The third-order valence-electron chi connectivity index (χ3n) is 4.35. The lowest BCUT2D eigenvalue weighted by Gasteiger charge is -2.22. The van der Waals surface area contributed by atoms with Gasteiger partial charge in [0.1, 0.15) is 5.82 Å². The Morgan fingerprint density at radius 2 is 1.93 bits per heavy atom. The van der Waals surface area contributed by atoms with Crippen LogP contribution in [0.5, 0.6) is 0 Å². The summed E-state index contributed by atoms with van der Waals surface area (Å²) in [6.45, 7) is 1.51. The molecule has 0 saturated carbocycles. The quantitative estimate of drug-likeness (QED) is 0.716. The number of nitrogens with one attached hydrogen (secondary N) is 1. The highest BCUT2D eigenvalue weighted by Crippen LogP contribution is 2.36. The minimum atomic E-state index is -3.70. The molecule has 11 heteroatoms. The fourth-order valence-corrected chi connectivity index (χ4v) is 4.81. The van der Waals surface area contributed by atoms with E-state index in [0.29, 0.717) is 22.5 Å². The van der Waals surface area contributed by atoms with Gasteiger partial charge in [-0.25, -0.2) is 21.2 Å². The molecular formula is C18H19ClFN3O4S2. The topological polar surface area (TPSA) is 95.9 Å². The molecule has 0 bridgehead atoms. The molecule has 0 saturated heterocycles. The van der Waals surface area contributed by atoms with E-state index in [1.165, 1.54) is 25.1 Å². The van der Waals surface area contributed by atoms with E-state index in [9.17, 15) is 21.2 Å². The molecule has 156 valence electrons. The molecule has 7 nitrogen and oxygen atoms in total. The van der Waals surface area contributed by atoms with Crippen molar-refractivity contribution in [1.29, 1.82) is 0 Å². The van der Waals surface area contributed by atoms with E-state index in [4.69, 9.17) is 11.6 Å². The number of sulfonamides is 2. The van der Waals surface area contributed by atoms with Crippen molar-refractivity contribution in [3.8, 4) is 0 Å². The Labute approximate surface area is 174 Å². The van der Waals surface area contributed by atoms with Crippen LogP contribution in [0.1, 0.15) is 30.5 Å². The number of hydrazone groups is 1. The summed E-state index contributed by atoms with van der Waals surface area (Å²) in [5.74, 6) is -0.760. The zero-order valence-corrected chi connectivity index (χ0v) is 18.0. The molecular weight excluding hydrogens is 441 g/mol. The van der Waals surface area contributed by atoms with E-state index < -0.39 is 31.9 Å². The first kappa shape index (κ1) is 21.5. The van der Waals surface area contributed by atoms with Crippen molar-refractivity contribution in [2.45, 2.75) is 19.4 Å². The van der Waals surface area contributed by atoms with Crippen LogP contribution in [0.25, 0.3) is 0 Å². The molecule has 2 aromatic carbocycles. The SMILES string of the molecule is CCS(=O)(=O)N1N=C(c2cccc(NS(C)(=O)=O)c2)C[C@H]1c1ccc(F)c(Cl)c1. The van der Waals surface area contributed by atoms with Crippen molar-refractivity contribution >= 4 is 43.0 Å². The van der Waals surface area contributed by atoms with E-state index in [-0.39, 0.29) is 17.2 Å². The predicted octanol–water partition coefficient (Wildman–Crippen LogP) is 3.35. The van der Waals surface area contributed by atoms with Crippen LogP contribution in [0, 0.1) is 5.82 Å². The Balaban J connectivity index is 2.02. The first-order chi connectivity index (χ1) is 13.5. The summed E-state index contributed by atoms with van der Waals surface area (Å²) in [7, 11) is -7.16.